The molecule has 0 aromatic carbocycles. The minimum atomic E-state index is -0.371. The van der Waals surface area contributed by atoms with Crippen molar-refractivity contribution < 1.29 is 14.1 Å². The van der Waals surface area contributed by atoms with E-state index in [2.05, 4.69) is 14.9 Å². The minimum absolute atomic E-state index is 0.0416. The van der Waals surface area contributed by atoms with Crippen LogP contribution in [0.5, 0.6) is 0 Å². The molecule has 0 fully saturated rings. The van der Waals surface area contributed by atoms with E-state index in [1.807, 2.05) is 13.8 Å². The van der Waals surface area contributed by atoms with Crippen molar-refractivity contribution in [2.75, 3.05) is 7.11 Å². The van der Waals surface area contributed by atoms with Crippen LogP contribution in [0, 0.1) is 0 Å². The fraction of sp³-hybridized carbons (Fsp3) is 0.667. The highest BCUT2D eigenvalue weighted by molar-refractivity contribution is 5.70. The van der Waals surface area contributed by atoms with Crippen molar-refractivity contribution >= 4 is 5.97 Å². The average Bonchev–Trinajstić information content (AvgIpc) is 2.65. The molecular weight excluding hydrogens is 184 g/mol. The molecule has 78 valence electrons. The SMILES string of the molecule is CCC(C)c1noc(CC(=O)OC)n1. The van der Waals surface area contributed by atoms with Crippen molar-refractivity contribution in [3.05, 3.63) is 11.7 Å². The van der Waals surface area contributed by atoms with Crippen molar-refractivity contribution in [1.82, 2.24) is 10.1 Å². The van der Waals surface area contributed by atoms with Gasteiger partial charge in [-0.15, -0.1) is 0 Å². The summed E-state index contributed by atoms with van der Waals surface area (Å²) in [6.45, 7) is 4.05. The van der Waals surface area contributed by atoms with Crippen LogP contribution in [0.1, 0.15) is 37.9 Å². The smallest absolute Gasteiger partial charge is 0.315 e. The van der Waals surface area contributed by atoms with Gasteiger partial charge in [-0.3, -0.25) is 4.79 Å². The van der Waals surface area contributed by atoms with Crippen LogP contribution in [0.2, 0.25) is 0 Å². The van der Waals surface area contributed by atoms with E-state index in [0.717, 1.165) is 6.42 Å². The predicted molar refractivity (Wildman–Crippen MR) is 48.7 cm³/mol. The lowest BCUT2D eigenvalue weighted by atomic mass is 10.1. The molecule has 0 N–H and O–H groups in total. The second kappa shape index (κ2) is 4.74. The largest absolute Gasteiger partial charge is 0.469 e. The van der Waals surface area contributed by atoms with E-state index in [0.29, 0.717) is 11.7 Å². The lowest BCUT2D eigenvalue weighted by molar-refractivity contribution is -0.140. The third-order valence-corrected chi connectivity index (χ3v) is 2.06. The van der Waals surface area contributed by atoms with Crippen LogP contribution in [0.15, 0.2) is 4.52 Å². The standard InChI is InChI=1S/C9H14N2O3/c1-4-6(2)9-10-7(14-11-9)5-8(12)13-3/h6H,4-5H2,1-3H3. The summed E-state index contributed by atoms with van der Waals surface area (Å²) < 4.78 is 9.38. The third-order valence-electron chi connectivity index (χ3n) is 2.06. The van der Waals surface area contributed by atoms with Gasteiger partial charge in [0.25, 0.3) is 0 Å². The Hall–Kier alpha value is -1.39. The molecule has 0 aliphatic rings. The molecule has 0 amide bonds. The second-order valence-corrected chi connectivity index (χ2v) is 3.11. The molecule has 1 unspecified atom stereocenters. The molecule has 14 heavy (non-hydrogen) atoms. The fourth-order valence-corrected chi connectivity index (χ4v) is 0.918. The van der Waals surface area contributed by atoms with Crippen LogP contribution in [0.4, 0.5) is 0 Å². The number of rotatable bonds is 4. The summed E-state index contributed by atoms with van der Waals surface area (Å²) >= 11 is 0. The number of nitrogens with zero attached hydrogens (tertiary/aromatic N) is 2. The Morgan fingerprint density at radius 3 is 2.93 bits per heavy atom. The van der Waals surface area contributed by atoms with E-state index in [1.165, 1.54) is 7.11 Å². The van der Waals surface area contributed by atoms with Crippen molar-refractivity contribution in [3.63, 3.8) is 0 Å². The predicted octanol–water partition coefficient (Wildman–Crippen LogP) is 1.30. The molecule has 0 saturated heterocycles. The first kappa shape index (κ1) is 10.7. The zero-order valence-corrected chi connectivity index (χ0v) is 8.61. The van der Waals surface area contributed by atoms with Gasteiger partial charge in [0.1, 0.15) is 6.42 Å². The molecule has 0 saturated carbocycles. The molecule has 0 radical (unpaired) electrons. The Bertz CT molecular complexity index is 309. The molecule has 1 rings (SSSR count). The van der Waals surface area contributed by atoms with E-state index in [-0.39, 0.29) is 18.3 Å². The molecule has 1 aromatic heterocycles. The monoisotopic (exact) mass is 198 g/mol. The highest BCUT2D eigenvalue weighted by Gasteiger charge is 2.14. The maximum absolute atomic E-state index is 10.9. The second-order valence-electron chi connectivity index (χ2n) is 3.11. The lowest BCUT2D eigenvalue weighted by Crippen LogP contribution is -2.04. The first-order chi connectivity index (χ1) is 6.67. The van der Waals surface area contributed by atoms with Crippen molar-refractivity contribution in [3.8, 4) is 0 Å². The summed E-state index contributed by atoms with van der Waals surface area (Å²) in [6, 6.07) is 0. The Morgan fingerprint density at radius 2 is 2.36 bits per heavy atom. The molecule has 0 aliphatic carbocycles. The number of hydrogen-bond acceptors (Lipinski definition) is 5. The van der Waals surface area contributed by atoms with Gasteiger partial charge in [0.05, 0.1) is 7.11 Å². The summed E-state index contributed by atoms with van der Waals surface area (Å²) in [5.74, 6) is 0.841. The van der Waals surface area contributed by atoms with Crippen molar-refractivity contribution in [2.45, 2.75) is 32.6 Å². The number of hydrogen-bond donors (Lipinski definition) is 0. The van der Waals surface area contributed by atoms with Crippen LogP contribution in [0.25, 0.3) is 0 Å². The summed E-state index contributed by atoms with van der Waals surface area (Å²) in [5.41, 5.74) is 0. The zero-order valence-electron chi connectivity index (χ0n) is 8.61. The van der Waals surface area contributed by atoms with E-state index in [1.54, 1.807) is 0 Å². The number of esters is 1. The summed E-state index contributed by atoms with van der Waals surface area (Å²) in [7, 11) is 1.33. The number of aromatic nitrogens is 2. The summed E-state index contributed by atoms with van der Waals surface area (Å²) in [6.07, 6.45) is 0.983. The highest BCUT2D eigenvalue weighted by Crippen LogP contribution is 2.14. The number of carbonyl (C=O) groups is 1. The molecule has 5 nitrogen and oxygen atoms in total. The van der Waals surface area contributed by atoms with Gasteiger partial charge < -0.3 is 9.26 Å². The quantitative estimate of drug-likeness (QED) is 0.682. The van der Waals surface area contributed by atoms with Gasteiger partial charge in [0, 0.05) is 5.92 Å². The van der Waals surface area contributed by atoms with Gasteiger partial charge in [-0.1, -0.05) is 19.0 Å². The Balaban J connectivity index is 2.63. The molecule has 0 aliphatic heterocycles. The van der Waals surface area contributed by atoms with Gasteiger partial charge in [-0.2, -0.15) is 4.98 Å². The van der Waals surface area contributed by atoms with Crippen LogP contribution < -0.4 is 0 Å². The normalized spacial score (nSPS) is 12.5. The first-order valence-corrected chi connectivity index (χ1v) is 4.56. The molecule has 1 heterocycles. The van der Waals surface area contributed by atoms with E-state index >= 15 is 0 Å². The topological polar surface area (TPSA) is 65.2 Å². The number of ether oxygens (including phenoxy) is 1. The summed E-state index contributed by atoms with van der Waals surface area (Å²) in [4.78, 5) is 15.0. The molecule has 5 heteroatoms. The lowest BCUT2D eigenvalue weighted by Gasteiger charge is -1.98. The Morgan fingerprint density at radius 1 is 1.64 bits per heavy atom. The van der Waals surface area contributed by atoms with Gasteiger partial charge in [0.2, 0.25) is 5.89 Å². The fourth-order valence-electron chi connectivity index (χ4n) is 0.918. The first-order valence-electron chi connectivity index (χ1n) is 4.56. The zero-order chi connectivity index (χ0) is 10.6. The summed E-state index contributed by atoms with van der Waals surface area (Å²) in [5, 5.41) is 3.78. The molecule has 1 atom stereocenters. The van der Waals surface area contributed by atoms with Crippen LogP contribution >= 0.6 is 0 Å². The van der Waals surface area contributed by atoms with Gasteiger partial charge in [0.15, 0.2) is 5.82 Å². The molecular formula is C9H14N2O3. The Labute approximate surface area is 82.4 Å². The molecule has 0 bridgehead atoms. The van der Waals surface area contributed by atoms with Crippen LogP contribution in [-0.2, 0) is 16.0 Å². The van der Waals surface area contributed by atoms with Gasteiger partial charge >= 0.3 is 5.97 Å². The van der Waals surface area contributed by atoms with Crippen LogP contribution in [-0.4, -0.2) is 23.2 Å². The van der Waals surface area contributed by atoms with E-state index < -0.39 is 0 Å². The number of carbonyl (C=O) groups excluding carboxylic acids is 1. The molecule has 1 aromatic rings. The third kappa shape index (κ3) is 2.55. The van der Waals surface area contributed by atoms with E-state index in [4.69, 9.17) is 4.52 Å². The van der Waals surface area contributed by atoms with Crippen molar-refractivity contribution in [1.29, 1.82) is 0 Å². The van der Waals surface area contributed by atoms with Gasteiger partial charge in [-0.25, -0.2) is 0 Å². The van der Waals surface area contributed by atoms with E-state index in [9.17, 15) is 4.79 Å². The van der Waals surface area contributed by atoms with Crippen LogP contribution in [0.3, 0.4) is 0 Å². The van der Waals surface area contributed by atoms with Crippen molar-refractivity contribution in [2.24, 2.45) is 0 Å². The highest BCUT2D eigenvalue weighted by atomic mass is 16.5. The minimum Gasteiger partial charge on any atom is -0.469 e. The molecule has 0 spiro atoms. The maximum Gasteiger partial charge on any atom is 0.315 e. The maximum atomic E-state index is 10.9. The van der Waals surface area contributed by atoms with Gasteiger partial charge in [-0.05, 0) is 6.42 Å². The Kier molecular flexibility index (Phi) is 3.62. The average molecular weight is 198 g/mol. The number of methoxy groups -OCH3 is 1.